The highest BCUT2D eigenvalue weighted by Gasteiger charge is 2.44. The summed E-state index contributed by atoms with van der Waals surface area (Å²) in [7, 11) is 0. The zero-order valence-corrected chi connectivity index (χ0v) is 67.9. The van der Waals surface area contributed by atoms with Gasteiger partial charge in [-0.1, -0.05) is 359 Å². The van der Waals surface area contributed by atoms with Gasteiger partial charge in [0.05, 0.1) is 0 Å². The molecule has 5 unspecified atom stereocenters. The summed E-state index contributed by atoms with van der Waals surface area (Å²) in [6.07, 6.45) is 35.6. The first-order valence-corrected chi connectivity index (χ1v) is 38.8. The van der Waals surface area contributed by atoms with E-state index >= 15 is 0 Å². The molecule has 0 aromatic heterocycles. The molecule has 0 saturated heterocycles. The summed E-state index contributed by atoms with van der Waals surface area (Å²) in [6, 6.07) is 0. The minimum absolute atomic E-state index is 0.542. The fourth-order valence-corrected chi connectivity index (χ4v) is 8.29. The van der Waals surface area contributed by atoms with Gasteiger partial charge in [0.15, 0.2) is 0 Å². The minimum Gasteiger partial charge on any atom is -0.0654 e. The summed E-state index contributed by atoms with van der Waals surface area (Å²) >= 11 is 0. The van der Waals surface area contributed by atoms with Crippen LogP contribution in [0.3, 0.4) is 0 Å². The molecule has 9 rings (SSSR count). The molecule has 0 bridgehead atoms. The molecule has 9 saturated carbocycles. The van der Waals surface area contributed by atoms with E-state index in [9.17, 15) is 0 Å². The highest BCUT2D eigenvalue weighted by Crippen LogP contribution is 2.54. The van der Waals surface area contributed by atoms with E-state index in [1.807, 2.05) is 0 Å². The lowest BCUT2D eigenvalue weighted by molar-refractivity contribution is 0.397. The first kappa shape index (κ1) is 93.7. The minimum atomic E-state index is 0.542. The van der Waals surface area contributed by atoms with Crippen molar-refractivity contribution in [1.29, 1.82) is 0 Å². The quantitative estimate of drug-likeness (QED) is 0.172. The predicted octanol–water partition coefficient (Wildman–Crippen LogP) is 31.2. The Balaban J connectivity index is -0.000000270. The summed E-state index contributed by atoms with van der Waals surface area (Å²) in [5.41, 5.74) is 4.12. The molecule has 0 spiro atoms. The Morgan fingerprint density at radius 1 is 0.435 bits per heavy atom. The lowest BCUT2D eigenvalue weighted by Crippen LogP contribution is -2.00. The number of hydrogen-bond donors (Lipinski definition) is 0. The van der Waals surface area contributed by atoms with Gasteiger partial charge in [-0.3, -0.25) is 0 Å². The molecule has 0 heterocycles. The number of rotatable bonds is 13. The highest BCUT2D eigenvalue weighted by molar-refractivity contribution is 4.94. The molecule has 0 radical (unpaired) electrons. The molecule has 0 nitrogen and oxygen atoms in total. The van der Waals surface area contributed by atoms with E-state index in [-0.39, 0.29) is 0 Å². The monoisotopic (exact) mass is 1200 g/mol. The van der Waals surface area contributed by atoms with Crippen molar-refractivity contribution in [3.8, 4) is 0 Å². The lowest BCUT2D eigenvalue weighted by Gasteiger charge is -2.12. The van der Waals surface area contributed by atoms with Crippen LogP contribution in [-0.4, -0.2) is 0 Å². The molecule has 0 aromatic carbocycles. The van der Waals surface area contributed by atoms with Crippen LogP contribution in [0.15, 0.2) is 0 Å². The third kappa shape index (κ3) is 65.3. The molecule has 9 aliphatic rings. The van der Waals surface area contributed by atoms with Gasteiger partial charge in [0.1, 0.15) is 0 Å². The largest absolute Gasteiger partial charge is 0.0654 e. The Kier molecular flexibility index (Phi) is 53.7. The van der Waals surface area contributed by atoms with Crippen molar-refractivity contribution in [3.05, 3.63) is 0 Å². The Labute approximate surface area is 547 Å². The molecule has 520 valence electrons. The van der Waals surface area contributed by atoms with Crippen molar-refractivity contribution in [2.24, 2.45) is 127 Å². The van der Waals surface area contributed by atoms with Gasteiger partial charge in [0.25, 0.3) is 0 Å². The average Bonchev–Trinajstić information content (AvgIpc) is 4.42. The molecule has 7 atom stereocenters. The van der Waals surface area contributed by atoms with Gasteiger partial charge in [0, 0.05) is 0 Å². The van der Waals surface area contributed by atoms with E-state index in [0.717, 1.165) is 111 Å². The van der Waals surface area contributed by atoms with Crippen molar-refractivity contribution in [1.82, 2.24) is 0 Å². The molecule has 0 heteroatoms. The topological polar surface area (TPSA) is 0 Å². The van der Waals surface area contributed by atoms with E-state index in [4.69, 9.17) is 0 Å². The predicted molar refractivity (Wildman–Crippen MR) is 401 cm³/mol. The van der Waals surface area contributed by atoms with Crippen molar-refractivity contribution < 1.29 is 0 Å². The summed E-state index contributed by atoms with van der Waals surface area (Å²) in [5.74, 6) is 16.1. The summed E-state index contributed by atoms with van der Waals surface area (Å²) in [4.78, 5) is 0. The Bertz CT molecular complexity index is 1290. The fraction of sp³-hybridized carbons (Fsp3) is 1.00. The molecule has 0 N–H and O–H groups in total. The highest BCUT2D eigenvalue weighted by atomic mass is 14.5. The number of hydrogen-bond acceptors (Lipinski definition) is 0. The van der Waals surface area contributed by atoms with E-state index in [1.165, 1.54) is 161 Å². The Morgan fingerprint density at radius 3 is 0.741 bits per heavy atom. The second kappa shape index (κ2) is 48.7. The third-order valence-electron chi connectivity index (χ3n) is 23.2. The van der Waals surface area contributed by atoms with Gasteiger partial charge in [-0.25, -0.2) is 0 Å². The van der Waals surface area contributed by atoms with Gasteiger partial charge in [-0.05, 0) is 191 Å². The maximum Gasteiger partial charge on any atom is -0.0300 e. The summed E-state index contributed by atoms with van der Waals surface area (Å²) in [6.45, 7) is 86.5. The van der Waals surface area contributed by atoms with Crippen LogP contribution in [0.2, 0.25) is 0 Å². The van der Waals surface area contributed by atoms with Crippen LogP contribution >= 0.6 is 0 Å². The first-order chi connectivity index (χ1) is 38.8. The molecule has 9 fully saturated rings. The van der Waals surface area contributed by atoms with Crippen LogP contribution in [0.4, 0.5) is 0 Å². The smallest absolute Gasteiger partial charge is 0.0300 e. The molecular weight excluding hydrogens is 1020 g/mol. The summed E-state index contributed by atoms with van der Waals surface area (Å²) in [5, 5.41) is 0. The van der Waals surface area contributed by atoms with Crippen LogP contribution < -0.4 is 0 Å². The third-order valence-corrected chi connectivity index (χ3v) is 23.2. The SMILES string of the molecule is CC(C)C(C)C.CC(C)C1CC1.CC1C(C)C1C.CC1CC1(C)C.CCC(C)(C)C.CCC(C)(C)C.CCC(C)CC.CCC1(C)CC1.CCC1(C)CC1.CCC1(C)C[C@@H]1C.CCC1CC1C.CCC1C[C@@H]1C.CCCC(C)C.CCCC1CC1. The maximum absolute atomic E-state index is 2.37. The Hall–Kier alpha value is 0. The standard InChI is InChI=1S/C7H14.8C6H12.5C6H14/c1-4-7(3)5-6(7)2;1-5-4-6(5,2)3;1-5(2)6-3-4-6;1-4-5(2)6(4)3;2*1-3-6(2)4-5-6;2*1-3-6-4-5(6)2;1-2-3-6-4-5-6;2*1-5-6(2,3)4;1-5(2)6(3)4;1-4-5-6(2)3;1-4-6(3)5-2/h6H,4-5H2,1-3H3;5H,4H2,1-3H3;5-6H,3-4H2,1-2H3;4-6H,1-3H3;2*3-5H2,1-2H3;2*5-6H,3-4H2,1-2H3;6H,2-5H2,1H3;2*5H2,1-4H3;5-6H,1-4H3;2*6H,4-5H2,1-3H3/t6-,7?;;;;;;5-,6?;;;;;;;/m0.....0......./s1. The van der Waals surface area contributed by atoms with Gasteiger partial charge in [-0.2, -0.15) is 0 Å². The van der Waals surface area contributed by atoms with Crippen LogP contribution in [0.5, 0.6) is 0 Å². The van der Waals surface area contributed by atoms with Gasteiger partial charge in [0.2, 0.25) is 0 Å². The van der Waals surface area contributed by atoms with Crippen molar-refractivity contribution in [2.75, 3.05) is 0 Å². The van der Waals surface area contributed by atoms with Gasteiger partial charge in [-0.15, -0.1) is 0 Å². The van der Waals surface area contributed by atoms with Crippen molar-refractivity contribution in [2.45, 2.75) is 424 Å². The normalized spacial score (nSPS) is 27.6. The van der Waals surface area contributed by atoms with Crippen LogP contribution in [0, 0.1) is 127 Å². The van der Waals surface area contributed by atoms with Crippen LogP contribution in [0.25, 0.3) is 0 Å². The second-order valence-corrected chi connectivity index (χ2v) is 36.1. The Morgan fingerprint density at radius 2 is 0.729 bits per heavy atom. The molecule has 0 aliphatic heterocycles. The van der Waals surface area contributed by atoms with Crippen molar-refractivity contribution in [3.63, 3.8) is 0 Å². The molecule has 85 heavy (non-hydrogen) atoms. The van der Waals surface area contributed by atoms with Crippen LogP contribution in [-0.2, 0) is 0 Å². The van der Waals surface area contributed by atoms with E-state index in [1.54, 1.807) is 0 Å². The molecule has 0 amide bonds. The van der Waals surface area contributed by atoms with Crippen molar-refractivity contribution >= 4 is 0 Å². The van der Waals surface area contributed by atoms with E-state index in [2.05, 4.69) is 263 Å². The van der Waals surface area contributed by atoms with Gasteiger partial charge >= 0.3 is 0 Å². The van der Waals surface area contributed by atoms with E-state index in [0.29, 0.717) is 16.2 Å². The van der Waals surface area contributed by atoms with Crippen LogP contribution in [0.1, 0.15) is 424 Å². The molecule has 0 aromatic rings. The average molecular weight is 1200 g/mol. The van der Waals surface area contributed by atoms with Gasteiger partial charge < -0.3 is 0 Å². The maximum atomic E-state index is 2.37. The molecule has 9 aliphatic carbocycles. The lowest BCUT2D eigenvalue weighted by atomic mass is 9.94. The first-order valence-electron chi connectivity index (χ1n) is 38.8. The zero-order chi connectivity index (χ0) is 67.9. The zero-order valence-electron chi connectivity index (χ0n) is 67.9. The van der Waals surface area contributed by atoms with E-state index < -0.39 is 0 Å². The summed E-state index contributed by atoms with van der Waals surface area (Å²) < 4.78 is 0. The fourth-order valence-electron chi connectivity index (χ4n) is 8.29. The second-order valence-electron chi connectivity index (χ2n) is 36.1. The molecular formula is C85H180.